The Labute approximate surface area is 184 Å². The average Bonchev–Trinajstić information content (AvgIpc) is 3.03. The molecule has 1 aromatic carbocycles. The van der Waals surface area contributed by atoms with Gasteiger partial charge in [0, 0.05) is 11.4 Å². The van der Waals surface area contributed by atoms with Crippen molar-refractivity contribution < 1.29 is 22.6 Å². The third kappa shape index (κ3) is 4.33. The zero-order valence-corrected chi connectivity index (χ0v) is 17.6. The summed E-state index contributed by atoms with van der Waals surface area (Å²) >= 11 is 0. The summed E-state index contributed by atoms with van der Waals surface area (Å²) in [4.78, 5) is 10.4. The number of rotatable bonds is 6. The second-order valence-corrected chi connectivity index (χ2v) is 8.58. The lowest BCUT2D eigenvalue weighted by molar-refractivity contribution is -0.0870. The first-order chi connectivity index (χ1) is 15.5. The highest BCUT2D eigenvalue weighted by molar-refractivity contribution is 5.60. The number of hydrogen-bond acceptors (Lipinski definition) is 7. The molecule has 0 radical (unpaired) electrons. The molecule has 172 valence electrons. The quantitative estimate of drug-likeness (QED) is 0.701. The van der Waals surface area contributed by atoms with Gasteiger partial charge in [0.2, 0.25) is 11.8 Å². The Kier molecular flexibility index (Phi) is 5.81. The van der Waals surface area contributed by atoms with E-state index in [2.05, 4.69) is 25.5 Å². The van der Waals surface area contributed by atoms with Gasteiger partial charge in [-0.25, -0.2) is 13.8 Å². The SMILES string of the molecule is Fc1cnc(Nc2ccc(N3C4CCC3COC4)cc2)nc1OCC1CCNCC1(F)F. The number of ether oxygens (including phenoxy) is 2. The van der Waals surface area contributed by atoms with E-state index in [0.717, 1.165) is 43.6 Å². The molecule has 5 rings (SSSR count). The van der Waals surface area contributed by atoms with Crippen LogP contribution in [0.2, 0.25) is 0 Å². The van der Waals surface area contributed by atoms with Gasteiger partial charge in [0.05, 0.1) is 50.6 Å². The van der Waals surface area contributed by atoms with Gasteiger partial charge in [-0.1, -0.05) is 0 Å². The number of nitrogens with zero attached hydrogens (tertiary/aromatic N) is 3. The standard InChI is InChI=1S/C22H26F3N5O2/c23-19-9-27-21(29-20(19)32-10-14-7-8-26-13-22(14,24)25)28-15-1-3-16(4-2-15)30-17-5-6-18(30)12-31-11-17/h1-4,9,14,17-18,26H,5-8,10-13H2,(H,27,28,29). The van der Waals surface area contributed by atoms with Crippen LogP contribution < -0.4 is 20.3 Å². The Hall–Kier alpha value is -2.59. The Morgan fingerprint density at radius 3 is 2.62 bits per heavy atom. The molecule has 3 aliphatic rings. The van der Waals surface area contributed by atoms with Crippen molar-refractivity contribution in [3.63, 3.8) is 0 Å². The topological polar surface area (TPSA) is 71.5 Å². The minimum atomic E-state index is -2.90. The maximum Gasteiger partial charge on any atom is 0.266 e. The molecule has 0 aliphatic carbocycles. The molecule has 7 nitrogen and oxygen atoms in total. The second-order valence-electron chi connectivity index (χ2n) is 8.58. The van der Waals surface area contributed by atoms with Gasteiger partial charge in [0.15, 0.2) is 0 Å². The van der Waals surface area contributed by atoms with E-state index in [4.69, 9.17) is 9.47 Å². The molecule has 10 heteroatoms. The third-order valence-corrected chi connectivity index (χ3v) is 6.42. The summed E-state index contributed by atoms with van der Waals surface area (Å²) in [6.45, 7) is 1.28. The van der Waals surface area contributed by atoms with Crippen LogP contribution >= 0.6 is 0 Å². The van der Waals surface area contributed by atoms with Crippen LogP contribution in [0.4, 0.5) is 30.5 Å². The number of halogens is 3. The predicted molar refractivity (Wildman–Crippen MR) is 113 cm³/mol. The fraction of sp³-hybridized carbons (Fsp3) is 0.545. The van der Waals surface area contributed by atoms with Gasteiger partial charge in [0.1, 0.15) is 0 Å². The van der Waals surface area contributed by atoms with Crippen molar-refractivity contribution in [1.82, 2.24) is 15.3 Å². The van der Waals surface area contributed by atoms with Crippen molar-refractivity contribution in [3.8, 4) is 5.88 Å². The van der Waals surface area contributed by atoms with Crippen LogP contribution in [0.1, 0.15) is 19.3 Å². The first kappa shape index (κ1) is 21.3. The monoisotopic (exact) mass is 449 g/mol. The minimum Gasteiger partial charge on any atom is -0.475 e. The van der Waals surface area contributed by atoms with Gasteiger partial charge >= 0.3 is 0 Å². The van der Waals surface area contributed by atoms with Gasteiger partial charge in [0.25, 0.3) is 11.8 Å². The number of benzene rings is 1. The number of aromatic nitrogens is 2. The largest absolute Gasteiger partial charge is 0.475 e. The summed E-state index contributed by atoms with van der Waals surface area (Å²) in [5, 5.41) is 5.68. The molecule has 3 unspecified atom stereocenters. The van der Waals surface area contributed by atoms with Crippen LogP contribution in [0.3, 0.4) is 0 Å². The zero-order valence-electron chi connectivity index (χ0n) is 17.6. The molecule has 4 heterocycles. The van der Waals surface area contributed by atoms with Gasteiger partial charge in [-0.2, -0.15) is 9.37 Å². The molecule has 2 aromatic rings. The molecule has 3 atom stereocenters. The molecule has 0 amide bonds. The van der Waals surface area contributed by atoms with E-state index >= 15 is 0 Å². The maximum absolute atomic E-state index is 14.1. The van der Waals surface area contributed by atoms with Gasteiger partial charge < -0.3 is 25.0 Å². The van der Waals surface area contributed by atoms with Crippen LogP contribution in [0.15, 0.2) is 30.5 Å². The Morgan fingerprint density at radius 1 is 1.16 bits per heavy atom. The Bertz CT molecular complexity index is 930. The first-order valence-corrected chi connectivity index (χ1v) is 11.0. The molecular formula is C22H26F3N5O2. The minimum absolute atomic E-state index is 0.137. The normalized spacial score (nSPS) is 26.7. The van der Waals surface area contributed by atoms with Crippen LogP contribution in [0.25, 0.3) is 0 Å². The zero-order chi connectivity index (χ0) is 22.1. The van der Waals surface area contributed by atoms with Crippen molar-refractivity contribution >= 4 is 17.3 Å². The third-order valence-electron chi connectivity index (χ3n) is 6.42. The summed E-state index contributed by atoms with van der Waals surface area (Å²) < 4.78 is 53.0. The van der Waals surface area contributed by atoms with Crippen molar-refractivity contribution in [3.05, 3.63) is 36.3 Å². The summed E-state index contributed by atoms with van der Waals surface area (Å²) in [7, 11) is 0. The lowest BCUT2D eigenvalue weighted by atomic mass is 9.95. The maximum atomic E-state index is 14.1. The van der Waals surface area contributed by atoms with E-state index in [-0.39, 0.29) is 24.9 Å². The van der Waals surface area contributed by atoms with E-state index in [9.17, 15) is 13.2 Å². The van der Waals surface area contributed by atoms with Crippen LogP contribution in [-0.4, -0.2) is 60.9 Å². The van der Waals surface area contributed by atoms with E-state index in [1.54, 1.807) is 0 Å². The molecule has 0 saturated carbocycles. The number of anilines is 3. The van der Waals surface area contributed by atoms with Gasteiger partial charge in [-0.3, -0.25) is 0 Å². The Morgan fingerprint density at radius 2 is 1.91 bits per heavy atom. The smallest absolute Gasteiger partial charge is 0.266 e. The summed E-state index contributed by atoms with van der Waals surface area (Å²) in [5.41, 5.74) is 1.87. The predicted octanol–water partition coefficient (Wildman–Crippen LogP) is 3.35. The Balaban J connectivity index is 1.24. The van der Waals surface area contributed by atoms with Crippen LogP contribution in [0, 0.1) is 11.7 Å². The lowest BCUT2D eigenvalue weighted by Crippen LogP contribution is -2.48. The van der Waals surface area contributed by atoms with Crippen molar-refractivity contribution in [1.29, 1.82) is 0 Å². The van der Waals surface area contributed by atoms with Gasteiger partial charge in [-0.15, -0.1) is 0 Å². The van der Waals surface area contributed by atoms with Gasteiger partial charge in [-0.05, 0) is 50.1 Å². The number of nitrogens with one attached hydrogen (secondary N) is 2. The number of alkyl halides is 2. The van der Waals surface area contributed by atoms with Crippen molar-refractivity contribution in [2.45, 2.75) is 37.3 Å². The van der Waals surface area contributed by atoms with Crippen LogP contribution in [-0.2, 0) is 4.74 Å². The number of hydrogen-bond donors (Lipinski definition) is 2. The number of morpholine rings is 1. The van der Waals surface area contributed by atoms with E-state index in [1.807, 2.05) is 24.3 Å². The fourth-order valence-corrected chi connectivity index (χ4v) is 4.68. The average molecular weight is 449 g/mol. The molecule has 2 bridgehead atoms. The summed E-state index contributed by atoms with van der Waals surface area (Å²) in [6.07, 6.45) is 3.51. The molecular weight excluding hydrogens is 423 g/mol. The molecule has 3 fully saturated rings. The highest BCUT2D eigenvalue weighted by atomic mass is 19.3. The fourth-order valence-electron chi connectivity index (χ4n) is 4.68. The summed E-state index contributed by atoms with van der Waals surface area (Å²) in [5.74, 6) is -4.87. The molecule has 32 heavy (non-hydrogen) atoms. The number of piperidine rings is 1. The van der Waals surface area contributed by atoms with E-state index in [1.165, 1.54) is 0 Å². The molecule has 2 N–H and O–H groups in total. The van der Waals surface area contributed by atoms with Crippen LogP contribution in [0.5, 0.6) is 5.88 Å². The second kappa shape index (κ2) is 8.74. The molecule has 1 aromatic heterocycles. The van der Waals surface area contributed by atoms with Crippen molar-refractivity contribution in [2.24, 2.45) is 5.92 Å². The molecule has 3 saturated heterocycles. The summed E-state index contributed by atoms with van der Waals surface area (Å²) in [6, 6.07) is 8.71. The first-order valence-electron chi connectivity index (χ1n) is 11.0. The highest BCUT2D eigenvalue weighted by Gasteiger charge is 2.42. The van der Waals surface area contributed by atoms with E-state index in [0.29, 0.717) is 18.6 Å². The highest BCUT2D eigenvalue weighted by Crippen LogP contribution is 2.35. The lowest BCUT2D eigenvalue weighted by Gasteiger charge is -2.36. The molecule has 3 aliphatic heterocycles. The number of fused-ring (bicyclic) bond motifs is 2. The van der Waals surface area contributed by atoms with Crippen molar-refractivity contribution in [2.75, 3.05) is 43.1 Å². The van der Waals surface area contributed by atoms with E-state index < -0.39 is 24.2 Å². The molecule has 0 spiro atoms.